The van der Waals surface area contributed by atoms with Gasteiger partial charge in [0.25, 0.3) is 5.92 Å². The Morgan fingerprint density at radius 3 is 2.78 bits per heavy atom. The van der Waals surface area contributed by atoms with Gasteiger partial charge in [0.1, 0.15) is 29.3 Å². The van der Waals surface area contributed by atoms with Crippen molar-refractivity contribution in [1.82, 2.24) is 14.9 Å². The summed E-state index contributed by atoms with van der Waals surface area (Å²) in [6.07, 6.45) is 0.0117. The van der Waals surface area contributed by atoms with Crippen LogP contribution < -0.4 is 24.3 Å². The molecular weight excluding hydrogens is 481 g/mol. The standard InChI is InChI=1S/C24H23F3N4O5/c1-32-14-6-16-20(18(7-14)36-19-4-5-31(10-24(19,26)27)13-8-33-9-13)23(29-11-28-16)30-21-15(25)2-3-17-22(21)35-12-34-17/h2-3,6-7,11,13,19H,4-5,8-10,12H2,1H3,(H,28,29,30)/t19-/m0/s1. The Hall–Kier alpha value is -3.51. The van der Waals surface area contributed by atoms with Crippen molar-refractivity contribution in [2.24, 2.45) is 0 Å². The molecule has 0 bridgehead atoms. The number of nitrogens with zero attached hydrogens (tertiary/aromatic N) is 3. The van der Waals surface area contributed by atoms with E-state index in [4.69, 9.17) is 23.7 Å². The van der Waals surface area contributed by atoms with Crippen LogP contribution in [-0.4, -0.2) is 73.1 Å². The van der Waals surface area contributed by atoms with Gasteiger partial charge in [-0.25, -0.2) is 23.1 Å². The quantitative estimate of drug-likeness (QED) is 0.540. The molecule has 1 aromatic heterocycles. The number of piperidine rings is 1. The van der Waals surface area contributed by atoms with Crippen molar-refractivity contribution in [3.8, 4) is 23.0 Å². The van der Waals surface area contributed by atoms with Crippen molar-refractivity contribution in [3.05, 3.63) is 36.4 Å². The molecule has 3 aromatic rings. The van der Waals surface area contributed by atoms with Crippen molar-refractivity contribution in [2.75, 3.05) is 45.5 Å². The molecule has 9 nitrogen and oxygen atoms in total. The molecule has 0 saturated carbocycles. The fourth-order valence-corrected chi connectivity index (χ4v) is 4.61. The van der Waals surface area contributed by atoms with Crippen LogP contribution in [0.25, 0.3) is 10.9 Å². The number of hydrogen-bond acceptors (Lipinski definition) is 9. The second-order valence-corrected chi connectivity index (χ2v) is 8.84. The topological polar surface area (TPSA) is 87.2 Å². The smallest absolute Gasteiger partial charge is 0.296 e. The normalized spacial score (nSPS) is 21.3. The maximum absolute atomic E-state index is 15.2. The number of ether oxygens (including phenoxy) is 5. The summed E-state index contributed by atoms with van der Waals surface area (Å²) in [5.41, 5.74) is 0.382. The number of fused-ring (bicyclic) bond motifs is 2. The van der Waals surface area contributed by atoms with Crippen molar-refractivity contribution in [3.63, 3.8) is 0 Å². The summed E-state index contributed by atoms with van der Waals surface area (Å²) in [6.45, 7) is 0.903. The van der Waals surface area contributed by atoms with Crippen LogP contribution in [-0.2, 0) is 4.74 Å². The van der Waals surface area contributed by atoms with E-state index < -0.39 is 24.4 Å². The molecule has 6 rings (SSSR count). The highest BCUT2D eigenvalue weighted by Crippen LogP contribution is 2.44. The number of halogens is 3. The zero-order valence-electron chi connectivity index (χ0n) is 19.3. The molecule has 2 aromatic carbocycles. The van der Waals surface area contributed by atoms with Crippen molar-refractivity contribution in [1.29, 1.82) is 0 Å². The first kappa shape index (κ1) is 22.9. The SMILES string of the molecule is COc1cc(O[C@H]2CCN(C3COC3)CC2(F)F)c2c(Nc3c(F)ccc4c3OCO4)ncnc2c1. The predicted molar refractivity (Wildman–Crippen MR) is 122 cm³/mol. The van der Waals surface area contributed by atoms with E-state index in [2.05, 4.69) is 15.3 Å². The molecule has 0 amide bonds. The Morgan fingerprint density at radius 2 is 2.03 bits per heavy atom. The van der Waals surface area contributed by atoms with Gasteiger partial charge in [0.2, 0.25) is 6.79 Å². The van der Waals surface area contributed by atoms with Crippen molar-refractivity contribution in [2.45, 2.75) is 24.5 Å². The van der Waals surface area contributed by atoms with E-state index in [1.54, 1.807) is 11.0 Å². The molecule has 36 heavy (non-hydrogen) atoms. The van der Waals surface area contributed by atoms with E-state index in [1.165, 1.54) is 31.6 Å². The molecule has 0 spiro atoms. The number of likely N-dealkylation sites (tertiary alicyclic amines) is 1. The summed E-state index contributed by atoms with van der Waals surface area (Å²) in [6, 6.07) is 5.83. The van der Waals surface area contributed by atoms with Crippen LogP contribution in [0, 0.1) is 5.82 Å². The molecule has 1 N–H and O–H groups in total. The fourth-order valence-electron chi connectivity index (χ4n) is 4.61. The lowest BCUT2D eigenvalue weighted by Gasteiger charge is -2.44. The summed E-state index contributed by atoms with van der Waals surface area (Å²) < 4.78 is 72.3. The van der Waals surface area contributed by atoms with Crippen molar-refractivity contribution >= 4 is 22.4 Å². The summed E-state index contributed by atoms with van der Waals surface area (Å²) >= 11 is 0. The summed E-state index contributed by atoms with van der Waals surface area (Å²) in [7, 11) is 1.46. The van der Waals surface area contributed by atoms with Crippen LogP contribution >= 0.6 is 0 Å². The van der Waals surface area contributed by atoms with Crippen LogP contribution in [0.3, 0.4) is 0 Å². The second kappa shape index (κ2) is 8.86. The lowest BCUT2D eigenvalue weighted by Crippen LogP contribution is -2.60. The molecule has 0 radical (unpaired) electrons. The highest BCUT2D eigenvalue weighted by atomic mass is 19.3. The first-order valence-corrected chi connectivity index (χ1v) is 11.5. The minimum absolute atomic E-state index is 0.00683. The van der Waals surface area contributed by atoms with E-state index in [1.807, 2.05) is 0 Å². The summed E-state index contributed by atoms with van der Waals surface area (Å²) in [5, 5.41) is 3.23. The largest absolute Gasteiger partial charge is 0.497 e. The molecule has 0 aliphatic carbocycles. The lowest BCUT2D eigenvalue weighted by atomic mass is 10.0. The number of hydrogen-bond donors (Lipinski definition) is 1. The number of alkyl halides is 2. The highest BCUT2D eigenvalue weighted by Gasteiger charge is 2.49. The van der Waals surface area contributed by atoms with Crippen LogP contribution in [0.4, 0.5) is 24.7 Å². The number of benzene rings is 2. The van der Waals surface area contributed by atoms with Crippen LogP contribution in [0.2, 0.25) is 0 Å². The molecule has 3 aliphatic rings. The summed E-state index contributed by atoms with van der Waals surface area (Å²) in [5.74, 6) is -2.51. The molecule has 190 valence electrons. The number of anilines is 2. The number of methoxy groups -OCH3 is 1. The third-order valence-electron chi connectivity index (χ3n) is 6.61. The average molecular weight is 504 g/mol. The van der Waals surface area contributed by atoms with Gasteiger partial charge < -0.3 is 29.0 Å². The van der Waals surface area contributed by atoms with Crippen molar-refractivity contribution < 1.29 is 36.9 Å². The van der Waals surface area contributed by atoms with Gasteiger partial charge in [0, 0.05) is 25.1 Å². The number of rotatable bonds is 6. The van der Waals surface area contributed by atoms with E-state index in [0.29, 0.717) is 42.2 Å². The van der Waals surface area contributed by atoms with E-state index in [9.17, 15) is 4.39 Å². The molecule has 2 saturated heterocycles. The molecule has 1 atom stereocenters. The Kier molecular flexibility index (Phi) is 5.64. The average Bonchev–Trinajstić information content (AvgIpc) is 3.30. The van der Waals surface area contributed by atoms with E-state index in [-0.39, 0.29) is 42.3 Å². The van der Waals surface area contributed by atoms with E-state index in [0.717, 1.165) is 0 Å². The van der Waals surface area contributed by atoms with Crippen LogP contribution in [0.5, 0.6) is 23.0 Å². The maximum atomic E-state index is 15.2. The zero-order valence-corrected chi connectivity index (χ0v) is 19.3. The van der Waals surface area contributed by atoms with Gasteiger partial charge in [0.15, 0.2) is 23.4 Å². The fraction of sp³-hybridized carbons (Fsp3) is 0.417. The van der Waals surface area contributed by atoms with Gasteiger partial charge in [-0.05, 0) is 12.1 Å². The first-order valence-electron chi connectivity index (χ1n) is 11.5. The Balaban J connectivity index is 1.37. The third-order valence-corrected chi connectivity index (χ3v) is 6.61. The molecule has 0 unspecified atom stereocenters. The predicted octanol–water partition coefficient (Wildman–Crippen LogP) is 3.74. The Morgan fingerprint density at radius 1 is 1.17 bits per heavy atom. The Labute approximate surface area is 204 Å². The maximum Gasteiger partial charge on any atom is 0.296 e. The van der Waals surface area contributed by atoms with Gasteiger partial charge in [0.05, 0.1) is 43.8 Å². The van der Waals surface area contributed by atoms with Crippen LogP contribution in [0.15, 0.2) is 30.6 Å². The minimum atomic E-state index is -3.11. The van der Waals surface area contributed by atoms with Gasteiger partial charge in [-0.15, -0.1) is 0 Å². The number of aromatic nitrogens is 2. The molecule has 12 heteroatoms. The monoisotopic (exact) mass is 504 g/mol. The highest BCUT2D eigenvalue weighted by molar-refractivity contribution is 5.97. The number of nitrogens with one attached hydrogen (secondary N) is 1. The van der Waals surface area contributed by atoms with Gasteiger partial charge >= 0.3 is 0 Å². The van der Waals surface area contributed by atoms with Crippen LogP contribution in [0.1, 0.15) is 6.42 Å². The molecular formula is C24H23F3N4O5. The molecule has 4 heterocycles. The van der Waals surface area contributed by atoms with Gasteiger partial charge in [-0.3, -0.25) is 4.90 Å². The lowest BCUT2D eigenvalue weighted by molar-refractivity contribution is -0.169. The second-order valence-electron chi connectivity index (χ2n) is 8.84. The van der Waals surface area contributed by atoms with Gasteiger partial charge in [-0.1, -0.05) is 0 Å². The molecule has 3 aliphatic heterocycles. The Bertz CT molecular complexity index is 1310. The minimum Gasteiger partial charge on any atom is -0.497 e. The zero-order chi connectivity index (χ0) is 24.9. The first-order chi connectivity index (χ1) is 17.4. The third kappa shape index (κ3) is 3.99. The van der Waals surface area contributed by atoms with E-state index >= 15 is 8.78 Å². The van der Waals surface area contributed by atoms with Gasteiger partial charge in [-0.2, -0.15) is 0 Å². The summed E-state index contributed by atoms with van der Waals surface area (Å²) in [4.78, 5) is 10.3. The molecule has 2 fully saturated rings.